The minimum absolute atomic E-state index is 0.206. The van der Waals surface area contributed by atoms with Gasteiger partial charge in [-0.1, -0.05) is 18.3 Å². The van der Waals surface area contributed by atoms with Gasteiger partial charge in [0.25, 0.3) is 0 Å². The van der Waals surface area contributed by atoms with Crippen molar-refractivity contribution < 1.29 is 0 Å². The Morgan fingerprint density at radius 1 is 1.82 bits per heavy atom. The number of guanidine groups is 1. The minimum atomic E-state index is 0.206. The molecule has 0 aromatic rings. The van der Waals surface area contributed by atoms with Crippen molar-refractivity contribution in [2.24, 2.45) is 16.6 Å². The Hall–Kier alpha value is -0.940. The van der Waals surface area contributed by atoms with Gasteiger partial charge in [-0.15, -0.1) is 6.58 Å². The molecular formula is C6H12N4S. The maximum Gasteiger partial charge on any atom is 0.211 e. The fourth-order valence-corrected chi connectivity index (χ4v) is 0.552. The summed E-state index contributed by atoms with van der Waals surface area (Å²) in [5.74, 6) is 5.63. The third-order valence-electron chi connectivity index (χ3n) is 0.892. The van der Waals surface area contributed by atoms with E-state index < -0.39 is 0 Å². The van der Waals surface area contributed by atoms with Crippen LogP contribution in [-0.2, 0) is 0 Å². The van der Waals surface area contributed by atoms with E-state index >= 15 is 0 Å². The molecule has 0 bridgehead atoms. The van der Waals surface area contributed by atoms with Crippen LogP contribution in [0.25, 0.3) is 0 Å². The van der Waals surface area contributed by atoms with Crippen LogP contribution >= 0.6 is 12.2 Å². The zero-order valence-electron chi connectivity index (χ0n) is 6.45. The van der Waals surface area contributed by atoms with Gasteiger partial charge in [-0.3, -0.25) is 5.01 Å². The van der Waals surface area contributed by atoms with Crippen molar-refractivity contribution in [1.29, 1.82) is 0 Å². The molecule has 0 spiro atoms. The third-order valence-corrected chi connectivity index (χ3v) is 0.983. The van der Waals surface area contributed by atoms with E-state index in [9.17, 15) is 0 Å². The normalized spacial score (nSPS) is 10.9. The predicted molar refractivity (Wildman–Crippen MR) is 51.0 cm³/mol. The molecule has 0 radical (unpaired) electrons. The van der Waals surface area contributed by atoms with Gasteiger partial charge < -0.3 is 5.73 Å². The molecule has 0 amide bonds. The SMILES string of the molecule is C=CCN(N)C(N)=NC(C)=S. The number of hydrogen-bond acceptors (Lipinski definition) is 2. The molecule has 0 fully saturated rings. The third kappa shape index (κ3) is 4.46. The molecule has 0 aromatic heterocycles. The quantitative estimate of drug-likeness (QED) is 0.154. The summed E-state index contributed by atoms with van der Waals surface area (Å²) in [5, 5.41) is 1.27. The Bertz CT molecular complexity index is 187. The highest BCUT2D eigenvalue weighted by Crippen LogP contribution is 1.82. The van der Waals surface area contributed by atoms with Gasteiger partial charge >= 0.3 is 0 Å². The van der Waals surface area contributed by atoms with Crippen molar-refractivity contribution >= 4 is 23.2 Å². The van der Waals surface area contributed by atoms with Crippen molar-refractivity contribution in [3.8, 4) is 0 Å². The molecule has 5 heteroatoms. The molecule has 0 saturated heterocycles. The lowest BCUT2D eigenvalue weighted by Crippen LogP contribution is -2.43. The summed E-state index contributed by atoms with van der Waals surface area (Å²) in [7, 11) is 0. The summed E-state index contributed by atoms with van der Waals surface area (Å²) in [5.41, 5.74) is 5.42. The van der Waals surface area contributed by atoms with Crippen LogP contribution in [0.2, 0.25) is 0 Å². The molecule has 0 heterocycles. The van der Waals surface area contributed by atoms with Crippen molar-refractivity contribution in [2.75, 3.05) is 6.54 Å². The molecule has 4 N–H and O–H groups in total. The van der Waals surface area contributed by atoms with Gasteiger partial charge in [-0.25, -0.2) is 10.8 Å². The minimum Gasteiger partial charge on any atom is -0.368 e. The zero-order valence-corrected chi connectivity index (χ0v) is 7.27. The Kier molecular flexibility index (Phi) is 4.40. The first-order valence-electron chi connectivity index (χ1n) is 3.05. The average Bonchev–Trinajstić information content (AvgIpc) is 1.86. The summed E-state index contributed by atoms with van der Waals surface area (Å²) in [4.78, 5) is 4.24. The molecule has 11 heavy (non-hydrogen) atoms. The number of thiocarbonyl (C=S) groups is 1. The van der Waals surface area contributed by atoms with Gasteiger partial charge in [-0.2, -0.15) is 0 Å². The van der Waals surface area contributed by atoms with Crippen LogP contribution in [0.15, 0.2) is 17.6 Å². The summed E-state index contributed by atoms with van der Waals surface area (Å²) in [6.45, 7) is 5.62. The molecule has 0 aliphatic heterocycles. The maximum atomic E-state index is 5.42. The summed E-state index contributed by atoms with van der Waals surface area (Å²) in [6, 6.07) is 0. The van der Waals surface area contributed by atoms with E-state index in [1.807, 2.05) is 0 Å². The van der Waals surface area contributed by atoms with Crippen LogP contribution in [0.5, 0.6) is 0 Å². The van der Waals surface area contributed by atoms with Crippen LogP contribution in [0.3, 0.4) is 0 Å². The van der Waals surface area contributed by atoms with E-state index in [2.05, 4.69) is 11.6 Å². The molecule has 0 saturated carbocycles. The monoisotopic (exact) mass is 172 g/mol. The van der Waals surface area contributed by atoms with Crippen LogP contribution < -0.4 is 11.6 Å². The van der Waals surface area contributed by atoms with Gasteiger partial charge in [0.1, 0.15) is 4.99 Å². The lowest BCUT2D eigenvalue weighted by molar-refractivity contribution is 0.484. The molecule has 0 atom stereocenters. The second-order valence-electron chi connectivity index (χ2n) is 1.93. The fraction of sp³-hybridized carbons (Fsp3) is 0.333. The van der Waals surface area contributed by atoms with Gasteiger partial charge in [0.15, 0.2) is 0 Å². The first kappa shape index (κ1) is 10.1. The largest absolute Gasteiger partial charge is 0.368 e. The number of aliphatic imine (C=N–C) groups is 1. The highest BCUT2D eigenvalue weighted by molar-refractivity contribution is 7.80. The first-order chi connectivity index (χ1) is 5.07. The zero-order chi connectivity index (χ0) is 8.85. The second-order valence-corrected chi connectivity index (χ2v) is 2.52. The van der Waals surface area contributed by atoms with Gasteiger partial charge in [0.05, 0.1) is 6.54 Å². The number of hydrazine groups is 1. The summed E-state index contributed by atoms with van der Waals surface area (Å²) >= 11 is 4.70. The standard InChI is InChI=1S/C6H12N4S/c1-3-4-10(8)6(7)9-5(2)11/h3H,1,4,8H2,2H3,(H2,7,9,11). The Labute approximate surface area is 71.5 Å². The second kappa shape index (κ2) is 4.81. The molecule has 0 aliphatic rings. The molecule has 0 rings (SSSR count). The van der Waals surface area contributed by atoms with Crippen LogP contribution in [0.1, 0.15) is 6.92 Å². The summed E-state index contributed by atoms with van der Waals surface area (Å²) in [6.07, 6.45) is 1.63. The number of nitrogens with two attached hydrogens (primary N) is 2. The lowest BCUT2D eigenvalue weighted by atomic mass is 10.6. The number of nitrogens with zero attached hydrogens (tertiary/aromatic N) is 2. The van der Waals surface area contributed by atoms with Crippen molar-refractivity contribution in [1.82, 2.24) is 5.01 Å². The molecule has 0 aliphatic carbocycles. The Balaban J connectivity index is 4.10. The van der Waals surface area contributed by atoms with E-state index in [0.29, 0.717) is 11.5 Å². The molecular weight excluding hydrogens is 160 g/mol. The van der Waals surface area contributed by atoms with Crippen LogP contribution in [-0.4, -0.2) is 22.5 Å². The molecule has 62 valence electrons. The highest BCUT2D eigenvalue weighted by Gasteiger charge is 1.98. The van der Waals surface area contributed by atoms with Crippen molar-refractivity contribution in [3.05, 3.63) is 12.7 Å². The number of rotatable bonds is 2. The average molecular weight is 172 g/mol. The fourth-order valence-electron chi connectivity index (χ4n) is 0.458. The van der Waals surface area contributed by atoms with E-state index in [-0.39, 0.29) is 5.96 Å². The van der Waals surface area contributed by atoms with Crippen LogP contribution in [0.4, 0.5) is 0 Å². The van der Waals surface area contributed by atoms with Gasteiger partial charge in [0, 0.05) is 0 Å². The van der Waals surface area contributed by atoms with Gasteiger partial charge in [-0.05, 0) is 6.92 Å². The van der Waals surface area contributed by atoms with Crippen molar-refractivity contribution in [2.45, 2.75) is 6.92 Å². The smallest absolute Gasteiger partial charge is 0.211 e. The molecule has 4 nitrogen and oxygen atoms in total. The Morgan fingerprint density at radius 2 is 2.36 bits per heavy atom. The molecule has 0 aromatic carbocycles. The highest BCUT2D eigenvalue weighted by atomic mass is 32.1. The topological polar surface area (TPSA) is 67.6 Å². The first-order valence-corrected chi connectivity index (χ1v) is 3.46. The lowest BCUT2D eigenvalue weighted by Gasteiger charge is -2.13. The summed E-state index contributed by atoms with van der Waals surface area (Å²) < 4.78 is 0. The van der Waals surface area contributed by atoms with E-state index in [4.69, 9.17) is 23.8 Å². The van der Waals surface area contributed by atoms with E-state index in [1.165, 1.54) is 5.01 Å². The predicted octanol–water partition coefficient (Wildman–Crippen LogP) is 0.0101. The van der Waals surface area contributed by atoms with Crippen LogP contribution in [0, 0.1) is 0 Å². The maximum absolute atomic E-state index is 5.42. The molecule has 0 unspecified atom stereocenters. The van der Waals surface area contributed by atoms with Crippen molar-refractivity contribution in [3.63, 3.8) is 0 Å². The van der Waals surface area contributed by atoms with Gasteiger partial charge in [0.2, 0.25) is 5.96 Å². The number of hydrogen-bond donors (Lipinski definition) is 2. The van der Waals surface area contributed by atoms with E-state index in [0.717, 1.165) is 0 Å². The van der Waals surface area contributed by atoms with E-state index in [1.54, 1.807) is 13.0 Å². The Morgan fingerprint density at radius 3 is 2.73 bits per heavy atom.